The molecular formula is C27H27F3N8O4. The lowest BCUT2D eigenvalue weighted by Gasteiger charge is -2.46. The van der Waals surface area contributed by atoms with Crippen molar-refractivity contribution in [1.29, 1.82) is 0 Å². The Balaban J connectivity index is 1.21. The summed E-state index contributed by atoms with van der Waals surface area (Å²) in [5.74, 6) is -1.23. The van der Waals surface area contributed by atoms with E-state index in [0.717, 1.165) is 11.0 Å². The van der Waals surface area contributed by atoms with Gasteiger partial charge in [0, 0.05) is 24.9 Å². The molecule has 4 aliphatic heterocycles. The molecule has 220 valence electrons. The SMILES string of the molecule is NC1=NC2[C@H](CN3C(=O)CCC3=O)N=C(N)N3C[C@H](NC(=O)c4ccc(-c5ccccc5C(F)(F)F)cc4)[C@@H](O)[C@]23N1. The van der Waals surface area contributed by atoms with Gasteiger partial charge in [-0.25, -0.2) is 9.98 Å². The second-order valence-corrected chi connectivity index (χ2v) is 10.6. The average Bonchev–Trinajstić information content (AvgIpc) is 3.57. The number of amides is 3. The molecule has 0 aliphatic carbocycles. The van der Waals surface area contributed by atoms with Crippen molar-refractivity contribution >= 4 is 29.6 Å². The van der Waals surface area contributed by atoms with Crippen molar-refractivity contribution in [3.63, 3.8) is 0 Å². The highest BCUT2D eigenvalue weighted by atomic mass is 19.4. The lowest BCUT2D eigenvalue weighted by atomic mass is 9.87. The van der Waals surface area contributed by atoms with Crippen LogP contribution in [0.2, 0.25) is 0 Å². The molecule has 0 aromatic heterocycles. The van der Waals surface area contributed by atoms with Crippen LogP contribution in [0.4, 0.5) is 13.2 Å². The Bertz CT molecular complexity index is 1510. The smallest absolute Gasteiger partial charge is 0.386 e. The van der Waals surface area contributed by atoms with Crippen molar-refractivity contribution in [3.8, 4) is 11.1 Å². The zero-order chi connectivity index (χ0) is 30.0. The zero-order valence-corrected chi connectivity index (χ0v) is 22.0. The molecule has 2 aromatic carbocycles. The normalized spacial score (nSPS) is 28.7. The number of nitrogens with zero attached hydrogens (tertiary/aromatic N) is 4. The average molecular weight is 585 g/mol. The molecule has 1 unspecified atom stereocenters. The van der Waals surface area contributed by atoms with Crippen LogP contribution in [0.3, 0.4) is 0 Å². The number of carbonyl (C=O) groups excluding carboxylic acids is 3. The van der Waals surface area contributed by atoms with Gasteiger partial charge in [0.1, 0.15) is 12.1 Å². The van der Waals surface area contributed by atoms with Gasteiger partial charge in [-0.15, -0.1) is 0 Å². The number of imide groups is 1. The number of carbonyl (C=O) groups is 3. The third-order valence-corrected chi connectivity index (χ3v) is 8.19. The van der Waals surface area contributed by atoms with Crippen molar-refractivity contribution in [3.05, 3.63) is 59.7 Å². The van der Waals surface area contributed by atoms with Gasteiger partial charge < -0.3 is 32.1 Å². The Morgan fingerprint density at radius 3 is 2.40 bits per heavy atom. The molecule has 6 rings (SSSR count). The lowest BCUT2D eigenvalue weighted by molar-refractivity contribution is -0.139. The maximum atomic E-state index is 13.5. The van der Waals surface area contributed by atoms with Gasteiger partial charge in [0.05, 0.1) is 24.2 Å². The highest BCUT2D eigenvalue weighted by molar-refractivity contribution is 6.02. The molecule has 2 aromatic rings. The molecular weight excluding hydrogens is 557 g/mol. The molecule has 4 aliphatic rings. The molecule has 1 spiro atoms. The summed E-state index contributed by atoms with van der Waals surface area (Å²) in [7, 11) is 0. The fourth-order valence-electron chi connectivity index (χ4n) is 6.24. The van der Waals surface area contributed by atoms with E-state index in [9.17, 15) is 32.7 Å². The van der Waals surface area contributed by atoms with E-state index in [4.69, 9.17) is 11.5 Å². The Morgan fingerprint density at radius 1 is 1.07 bits per heavy atom. The number of aliphatic hydroxyl groups excluding tert-OH is 1. The first-order chi connectivity index (χ1) is 19.9. The number of nitrogens with two attached hydrogens (primary N) is 2. The third-order valence-electron chi connectivity index (χ3n) is 8.19. The van der Waals surface area contributed by atoms with E-state index < -0.39 is 47.5 Å². The number of aliphatic imine (C=N–C) groups is 2. The predicted octanol–water partition coefficient (Wildman–Crippen LogP) is -0.0240. The van der Waals surface area contributed by atoms with Gasteiger partial charge in [-0.1, -0.05) is 30.3 Å². The van der Waals surface area contributed by atoms with E-state index in [2.05, 4.69) is 20.6 Å². The monoisotopic (exact) mass is 584 g/mol. The summed E-state index contributed by atoms with van der Waals surface area (Å²) in [4.78, 5) is 49.2. The Kier molecular flexibility index (Phi) is 6.36. The largest absolute Gasteiger partial charge is 0.417 e. The fourth-order valence-corrected chi connectivity index (χ4v) is 6.24. The molecule has 4 heterocycles. The van der Waals surface area contributed by atoms with E-state index in [1.54, 1.807) is 4.90 Å². The quantitative estimate of drug-likeness (QED) is 0.304. The van der Waals surface area contributed by atoms with Gasteiger partial charge >= 0.3 is 6.18 Å². The summed E-state index contributed by atoms with van der Waals surface area (Å²) in [6.45, 7) is -0.0650. The molecule has 5 atom stereocenters. The van der Waals surface area contributed by atoms with Crippen LogP contribution in [0.15, 0.2) is 58.5 Å². The minimum atomic E-state index is -4.54. The van der Waals surface area contributed by atoms with Gasteiger partial charge in [-0.3, -0.25) is 19.3 Å². The summed E-state index contributed by atoms with van der Waals surface area (Å²) in [6, 6.07) is 8.29. The predicted molar refractivity (Wildman–Crippen MR) is 143 cm³/mol. The van der Waals surface area contributed by atoms with E-state index in [-0.39, 0.29) is 66.4 Å². The first-order valence-electron chi connectivity index (χ1n) is 13.2. The number of benzene rings is 2. The van der Waals surface area contributed by atoms with Crippen LogP contribution in [0.25, 0.3) is 11.1 Å². The number of alkyl halides is 3. The summed E-state index contributed by atoms with van der Waals surface area (Å²) in [5.41, 5.74) is 10.5. The summed E-state index contributed by atoms with van der Waals surface area (Å²) >= 11 is 0. The second kappa shape index (κ2) is 9.72. The molecule has 12 nitrogen and oxygen atoms in total. The van der Waals surface area contributed by atoms with Gasteiger partial charge in [-0.2, -0.15) is 13.2 Å². The summed E-state index contributed by atoms with van der Waals surface area (Å²) in [6.07, 6.45) is -5.65. The Morgan fingerprint density at radius 2 is 1.74 bits per heavy atom. The maximum absolute atomic E-state index is 13.5. The van der Waals surface area contributed by atoms with E-state index >= 15 is 0 Å². The van der Waals surface area contributed by atoms with Gasteiger partial charge in [0.15, 0.2) is 17.6 Å². The molecule has 0 radical (unpaired) electrons. The second-order valence-electron chi connectivity index (χ2n) is 10.6. The lowest BCUT2D eigenvalue weighted by Crippen LogP contribution is -2.73. The van der Waals surface area contributed by atoms with Crippen molar-refractivity contribution in [2.24, 2.45) is 21.5 Å². The molecule has 0 bridgehead atoms. The van der Waals surface area contributed by atoms with Gasteiger partial charge in [-0.05, 0) is 29.3 Å². The van der Waals surface area contributed by atoms with E-state index in [1.165, 1.54) is 42.5 Å². The van der Waals surface area contributed by atoms with Crippen LogP contribution in [0, 0.1) is 0 Å². The molecule has 15 heteroatoms. The molecule has 7 N–H and O–H groups in total. The topological polar surface area (TPSA) is 179 Å². The first-order valence-corrected chi connectivity index (χ1v) is 13.2. The number of rotatable bonds is 5. The third kappa shape index (κ3) is 4.31. The van der Waals surface area contributed by atoms with Crippen molar-refractivity contribution in [2.75, 3.05) is 13.1 Å². The minimum absolute atomic E-state index is 0.000251. The van der Waals surface area contributed by atoms with Crippen molar-refractivity contribution < 1.29 is 32.7 Å². The minimum Gasteiger partial charge on any atom is -0.386 e. The fraction of sp³-hybridized carbons (Fsp3) is 0.370. The highest BCUT2D eigenvalue weighted by Gasteiger charge is 2.65. The standard InChI is InChI=1S/C27H27F3N8O4/c28-27(29,30)16-4-2-1-3-15(16)13-5-7-14(8-6-13)23(42)33-18-12-38-25(32)34-17(11-37-19(39)9-10-20(37)40)21-26(38,22(18)41)36-24(31)35-21/h1-8,17-18,21-22,41H,9-12H2,(H2,32,34)(H,33,42)(H3,31,35,36)/t17-,18-,21?,22+,26-/m0/s1. The van der Waals surface area contributed by atoms with Crippen LogP contribution in [-0.4, -0.2) is 87.5 Å². The van der Waals surface area contributed by atoms with Crippen molar-refractivity contribution in [1.82, 2.24) is 20.4 Å². The maximum Gasteiger partial charge on any atom is 0.417 e. The van der Waals surface area contributed by atoms with Crippen LogP contribution in [0.1, 0.15) is 28.8 Å². The summed E-state index contributed by atoms with van der Waals surface area (Å²) < 4.78 is 40.4. The van der Waals surface area contributed by atoms with Crippen LogP contribution in [0.5, 0.6) is 0 Å². The molecule has 42 heavy (non-hydrogen) atoms. The molecule has 0 saturated carbocycles. The van der Waals surface area contributed by atoms with Crippen molar-refractivity contribution in [2.45, 2.75) is 48.9 Å². The molecule has 3 amide bonds. The number of hydrogen-bond donors (Lipinski definition) is 5. The van der Waals surface area contributed by atoms with E-state index in [0.29, 0.717) is 0 Å². The highest BCUT2D eigenvalue weighted by Crippen LogP contribution is 2.41. The number of nitrogens with one attached hydrogen (secondary N) is 2. The van der Waals surface area contributed by atoms with Gasteiger partial charge in [0.25, 0.3) is 5.91 Å². The number of guanidine groups is 2. The summed E-state index contributed by atoms with van der Waals surface area (Å²) in [5, 5.41) is 17.3. The van der Waals surface area contributed by atoms with E-state index in [1.807, 2.05) is 0 Å². The first kappa shape index (κ1) is 27.5. The van der Waals surface area contributed by atoms with Crippen LogP contribution in [-0.2, 0) is 15.8 Å². The number of halogens is 3. The van der Waals surface area contributed by atoms with Crippen LogP contribution < -0.4 is 22.1 Å². The van der Waals surface area contributed by atoms with Gasteiger partial charge in [0.2, 0.25) is 11.8 Å². The Hall–Kier alpha value is -4.66. The molecule has 2 saturated heterocycles. The number of likely N-dealkylation sites (tertiary alicyclic amines) is 1. The van der Waals surface area contributed by atoms with Crippen LogP contribution >= 0.6 is 0 Å². The molecule has 2 fully saturated rings. The Labute approximate surface area is 237 Å². The number of hydrogen-bond acceptors (Lipinski definition) is 10. The number of aliphatic hydroxyl groups is 1. The zero-order valence-electron chi connectivity index (χ0n) is 22.0.